The van der Waals surface area contributed by atoms with E-state index >= 15 is 0 Å². The fourth-order valence-electron chi connectivity index (χ4n) is 4.75. The van der Waals surface area contributed by atoms with Crippen LogP contribution in [0.3, 0.4) is 0 Å². The van der Waals surface area contributed by atoms with E-state index in [2.05, 4.69) is 14.8 Å². The van der Waals surface area contributed by atoms with Crippen LogP contribution in [0.4, 0.5) is 0 Å². The summed E-state index contributed by atoms with van der Waals surface area (Å²) >= 11 is 1.78. The summed E-state index contributed by atoms with van der Waals surface area (Å²) in [5.74, 6) is 0.173. The van der Waals surface area contributed by atoms with Crippen LogP contribution < -0.4 is 5.32 Å². The molecule has 1 aromatic carbocycles. The molecule has 2 aliphatic rings. The van der Waals surface area contributed by atoms with E-state index in [-0.39, 0.29) is 11.8 Å². The van der Waals surface area contributed by atoms with E-state index in [1.165, 1.54) is 16.9 Å². The Morgan fingerprint density at radius 2 is 1.64 bits per heavy atom. The lowest BCUT2D eigenvalue weighted by Gasteiger charge is -2.34. The molecule has 0 atom stereocenters. The van der Waals surface area contributed by atoms with Crippen molar-refractivity contribution in [3.8, 4) is 5.00 Å². The molecule has 2 amide bonds. The third-order valence-corrected chi connectivity index (χ3v) is 7.87. The molecule has 1 fully saturated rings. The third-order valence-electron chi connectivity index (χ3n) is 6.56. The summed E-state index contributed by atoms with van der Waals surface area (Å²) in [7, 11) is 0. The Balaban J connectivity index is 1.21. The molecule has 172 valence electrons. The number of rotatable bonds is 6. The number of nitrogens with zero attached hydrogens (tertiary/aromatic N) is 3. The average Bonchev–Trinajstić information content (AvgIpc) is 3.51. The topological polar surface area (TPSA) is 57.6 Å². The van der Waals surface area contributed by atoms with Gasteiger partial charge in [-0.3, -0.25) is 14.5 Å². The molecule has 0 radical (unpaired) electrons. The predicted molar refractivity (Wildman–Crippen MR) is 131 cm³/mol. The van der Waals surface area contributed by atoms with Crippen molar-refractivity contribution >= 4 is 23.2 Å². The number of amides is 2. The Hall–Kier alpha value is -2.90. The van der Waals surface area contributed by atoms with E-state index in [9.17, 15) is 9.59 Å². The Bertz CT molecular complexity index is 1100. The number of nitrogens with one attached hydrogen (secondary N) is 1. The fraction of sp³-hybridized carbons (Fsp3) is 0.385. The minimum Gasteiger partial charge on any atom is -0.351 e. The van der Waals surface area contributed by atoms with Gasteiger partial charge in [0.2, 0.25) is 5.91 Å². The van der Waals surface area contributed by atoms with Crippen LogP contribution in [-0.2, 0) is 24.2 Å². The lowest BCUT2D eigenvalue weighted by molar-refractivity contribution is -0.122. The van der Waals surface area contributed by atoms with Crippen LogP contribution in [0.15, 0.2) is 54.9 Å². The second-order valence-corrected chi connectivity index (χ2v) is 9.90. The summed E-state index contributed by atoms with van der Waals surface area (Å²) < 4.78 is 2.09. The van der Waals surface area contributed by atoms with Gasteiger partial charge >= 0.3 is 0 Å². The van der Waals surface area contributed by atoms with Gasteiger partial charge in [-0.05, 0) is 48.9 Å². The molecular formula is C26H30N4O2S. The Morgan fingerprint density at radius 1 is 0.909 bits per heavy atom. The maximum Gasteiger partial charge on any atom is 0.257 e. The zero-order valence-electron chi connectivity index (χ0n) is 18.8. The molecule has 3 aromatic rings. The van der Waals surface area contributed by atoms with Crippen molar-refractivity contribution in [2.75, 3.05) is 32.7 Å². The SMILES string of the molecule is O=C(CN1CCN(C(=O)c2c(-n3cccc3)sc3c2CCCC3)CC1)NCc1ccccc1. The minimum atomic E-state index is 0.0282. The van der Waals surface area contributed by atoms with E-state index in [0.29, 0.717) is 26.2 Å². The summed E-state index contributed by atoms with van der Waals surface area (Å²) in [6.45, 7) is 3.66. The Morgan fingerprint density at radius 3 is 2.39 bits per heavy atom. The second-order valence-electron chi connectivity index (χ2n) is 8.81. The number of benzene rings is 1. The number of aryl methyl sites for hydroxylation is 1. The molecule has 2 aromatic heterocycles. The first kappa shape index (κ1) is 21.9. The van der Waals surface area contributed by atoms with Crippen molar-refractivity contribution < 1.29 is 9.59 Å². The molecule has 1 aliphatic heterocycles. The van der Waals surface area contributed by atoms with Crippen molar-refractivity contribution in [2.45, 2.75) is 32.2 Å². The van der Waals surface area contributed by atoms with Gasteiger partial charge in [-0.15, -0.1) is 11.3 Å². The largest absolute Gasteiger partial charge is 0.351 e. The number of hydrogen-bond donors (Lipinski definition) is 1. The molecular weight excluding hydrogens is 432 g/mol. The normalized spacial score (nSPS) is 16.4. The Kier molecular flexibility index (Phi) is 6.60. The van der Waals surface area contributed by atoms with Crippen molar-refractivity contribution in [1.82, 2.24) is 19.7 Å². The number of aromatic nitrogens is 1. The molecule has 33 heavy (non-hydrogen) atoms. The molecule has 3 heterocycles. The number of carbonyl (C=O) groups is 2. The van der Waals surface area contributed by atoms with Gasteiger partial charge in [0, 0.05) is 50.0 Å². The molecule has 5 rings (SSSR count). The Labute approximate surface area is 198 Å². The maximum atomic E-state index is 13.7. The van der Waals surface area contributed by atoms with Crippen LogP contribution >= 0.6 is 11.3 Å². The summed E-state index contributed by atoms with van der Waals surface area (Å²) in [5.41, 5.74) is 3.27. The molecule has 0 spiro atoms. The molecule has 6 nitrogen and oxygen atoms in total. The van der Waals surface area contributed by atoms with Crippen LogP contribution in [0.1, 0.15) is 39.2 Å². The number of thiophene rings is 1. The predicted octanol–water partition coefficient (Wildman–Crippen LogP) is 3.49. The summed E-state index contributed by atoms with van der Waals surface area (Å²) in [6.07, 6.45) is 8.49. The lowest BCUT2D eigenvalue weighted by atomic mass is 9.95. The first-order chi connectivity index (χ1) is 16.2. The summed E-state index contributed by atoms with van der Waals surface area (Å²) in [5, 5.41) is 4.05. The van der Waals surface area contributed by atoms with Gasteiger partial charge in [0.15, 0.2) is 0 Å². The highest BCUT2D eigenvalue weighted by Crippen LogP contribution is 2.37. The smallest absolute Gasteiger partial charge is 0.257 e. The quantitative estimate of drug-likeness (QED) is 0.610. The number of carbonyl (C=O) groups excluding carboxylic acids is 2. The highest BCUT2D eigenvalue weighted by Gasteiger charge is 2.31. The first-order valence-corrected chi connectivity index (χ1v) is 12.6. The second kappa shape index (κ2) is 9.93. The van der Waals surface area contributed by atoms with Crippen LogP contribution in [0.5, 0.6) is 0 Å². The average molecular weight is 463 g/mol. The molecule has 1 N–H and O–H groups in total. The van der Waals surface area contributed by atoms with Crippen LogP contribution in [0, 0.1) is 0 Å². The van der Waals surface area contributed by atoms with E-state index in [4.69, 9.17) is 0 Å². The van der Waals surface area contributed by atoms with Crippen LogP contribution in [-0.4, -0.2) is 58.9 Å². The van der Waals surface area contributed by atoms with Crippen LogP contribution in [0.2, 0.25) is 0 Å². The van der Waals surface area contributed by atoms with Crippen molar-refractivity contribution in [1.29, 1.82) is 0 Å². The van der Waals surface area contributed by atoms with Gasteiger partial charge in [-0.25, -0.2) is 0 Å². The van der Waals surface area contributed by atoms with Gasteiger partial charge in [0.05, 0.1) is 12.1 Å². The lowest BCUT2D eigenvalue weighted by Crippen LogP contribution is -2.51. The number of fused-ring (bicyclic) bond motifs is 1. The fourth-order valence-corrected chi connectivity index (χ4v) is 6.09. The van der Waals surface area contributed by atoms with Crippen molar-refractivity contribution in [3.63, 3.8) is 0 Å². The molecule has 0 unspecified atom stereocenters. The zero-order valence-corrected chi connectivity index (χ0v) is 19.7. The molecule has 0 bridgehead atoms. The van der Waals surface area contributed by atoms with E-state index in [1.807, 2.05) is 59.8 Å². The monoisotopic (exact) mass is 462 g/mol. The van der Waals surface area contributed by atoms with Gasteiger partial charge in [-0.1, -0.05) is 30.3 Å². The van der Waals surface area contributed by atoms with Crippen molar-refractivity contribution in [3.05, 3.63) is 76.4 Å². The summed E-state index contributed by atoms with van der Waals surface area (Å²) in [6, 6.07) is 14.0. The molecule has 0 saturated carbocycles. The molecule has 1 saturated heterocycles. The number of piperazine rings is 1. The van der Waals surface area contributed by atoms with Gasteiger partial charge in [0.25, 0.3) is 5.91 Å². The van der Waals surface area contributed by atoms with Gasteiger partial charge in [0.1, 0.15) is 5.00 Å². The minimum absolute atomic E-state index is 0.0282. The number of hydrogen-bond acceptors (Lipinski definition) is 4. The molecule has 1 aliphatic carbocycles. The van der Waals surface area contributed by atoms with E-state index in [0.717, 1.165) is 48.5 Å². The van der Waals surface area contributed by atoms with E-state index in [1.54, 1.807) is 11.3 Å². The third kappa shape index (κ3) is 4.89. The van der Waals surface area contributed by atoms with Gasteiger partial charge in [-0.2, -0.15) is 0 Å². The van der Waals surface area contributed by atoms with Crippen LogP contribution in [0.25, 0.3) is 5.00 Å². The maximum absolute atomic E-state index is 13.7. The van der Waals surface area contributed by atoms with Gasteiger partial charge < -0.3 is 14.8 Å². The van der Waals surface area contributed by atoms with Crippen molar-refractivity contribution in [2.24, 2.45) is 0 Å². The highest BCUT2D eigenvalue weighted by molar-refractivity contribution is 7.15. The first-order valence-electron chi connectivity index (χ1n) is 11.8. The highest BCUT2D eigenvalue weighted by atomic mass is 32.1. The zero-order chi connectivity index (χ0) is 22.6. The summed E-state index contributed by atoms with van der Waals surface area (Å²) in [4.78, 5) is 31.5. The van der Waals surface area contributed by atoms with E-state index < -0.39 is 0 Å². The molecule has 7 heteroatoms. The standard InChI is InChI=1S/C26H30N4O2S/c31-23(27-18-20-8-2-1-3-9-20)19-28-14-16-29(17-15-28)25(32)24-21-10-4-5-11-22(21)33-26(24)30-12-6-7-13-30/h1-3,6-9,12-13H,4-5,10-11,14-19H2,(H,27,31).